The average molecular weight is 233 g/mol. The molecule has 0 aliphatic rings. The van der Waals surface area contributed by atoms with Gasteiger partial charge in [0, 0.05) is 19.2 Å². The summed E-state index contributed by atoms with van der Waals surface area (Å²) < 4.78 is 1.87. The summed E-state index contributed by atoms with van der Waals surface area (Å²) in [6.45, 7) is 2.22. The van der Waals surface area contributed by atoms with Crippen LogP contribution in [0.1, 0.15) is 17.3 Å². The van der Waals surface area contributed by atoms with Crippen LogP contribution in [0.5, 0.6) is 0 Å². The van der Waals surface area contributed by atoms with E-state index in [0.29, 0.717) is 12.1 Å². The predicted molar refractivity (Wildman–Crippen MR) is 64.8 cm³/mol. The lowest BCUT2D eigenvalue weighted by molar-refractivity contribution is 0.0963. The van der Waals surface area contributed by atoms with Gasteiger partial charge in [-0.05, 0) is 25.1 Å². The van der Waals surface area contributed by atoms with Crippen molar-refractivity contribution in [3.63, 3.8) is 0 Å². The first-order valence-electron chi connectivity index (χ1n) is 5.47. The monoisotopic (exact) mass is 233 g/mol. The molecule has 1 aromatic carbocycles. The molecule has 0 unspecified atom stereocenters. The van der Waals surface area contributed by atoms with Crippen molar-refractivity contribution in [1.29, 1.82) is 0 Å². The van der Waals surface area contributed by atoms with Crippen LogP contribution in [0.25, 0.3) is 11.0 Å². The van der Waals surface area contributed by atoms with Gasteiger partial charge in [-0.2, -0.15) is 0 Å². The van der Waals surface area contributed by atoms with Gasteiger partial charge in [-0.25, -0.2) is 4.98 Å². The zero-order valence-corrected chi connectivity index (χ0v) is 9.84. The molecule has 0 aliphatic carbocycles. The Balaban J connectivity index is 2.41. The van der Waals surface area contributed by atoms with E-state index in [1.54, 1.807) is 32.4 Å². The van der Waals surface area contributed by atoms with Gasteiger partial charge >= 0.3 is 0 Å². The third-order valence-corrected chi connectivity index (χ3v) is 2.57. The van der Waals surface area contributed by atoms with E-state index in [1.165, 1.54) is 0 Å². The fraction of sp³-hybridized carbons (Fsp3) is 0.333. The van der Waals surface area contributed by atoms with Gasteiger partial charge in [0.05, 0.1) is 23.5 Å². The normalized spacial score (nSPS) is 12.6. The molecule has 90 valence electrons. The second-order valence-electron chi connectivity index (χ2n) is 4.03. The van der Waals surface area contributed by atoms with Crippen LogP contribution in [0.3, 0.4) is 0 Å². The number of amides is 1. The van der Waals surface area contributed by atoms with Crippen molar-refractivity contribution in [3.05, 3.63) is 30.1 Å². The molecule has 0 saturated carbocycles. The Morgan fingerprint density at radius 3 is 3.00 bits per heavy atom. The van der Waals surface area contributed by atoms with Gasteiger partial charge < -0.3 is 15.0 Å². The summed E-state index contributed by atoms with van der Waals surface area (Å²) in [5, 5.41) is 11.9. The number of fused-ring (bicyclic) bond motifs is 1. The lowest BCUT2D eigenvalue weighted by Crippen LogP contribution is -2.17. The topological polar surface area (TPSA) is 67.2 Å². The van der Waals surface area contributed by atoms with E-state index in [1.807, 2.05) is 10.6 Å². The summed E-state index contributed by atoms with van der Waals surface area (Å²) in [6.07, 6.45) is 1.25. The number of rotatable bonds is 3. The van der Waals surface area contributed by atoms with Crippen molar-refractivity contribution in [2.45, 2.75) is 19.6 Å². The number of carbonyl (C=O) groups excluding carboxylic acids is 1. The Bertz CT molecular complexity index is 546. The molecule has 2 N–H and O–H groups in total. The molecule has 1 amide bonds. The summed E-state index contributed by atoms with van der Waals surface area (Å²) in [5.74, 6) is -0.128. The van der Waals surface area contributed by atoms with Crippen LogP contribution in [0.4, 0.5) is 0 Å². The van der Waals surface area contributed by atoms with E-state index >= 15 is 0 Å². The maximum absolute atomic E-state index is 11.5. The molecular formula is C12H15N3O2. The minimum absolute atomic E-state index is 0.128. The highest BCUT2D eigenvalue weighted by Crippen LogP contribution is 2.15. The SMILES string of the molecule is CNC(=O)c1ccc2c(c1)ncn2C[C@H](C)O. The number of aliphatic hydroxyl groups is 1. The molecule has 5 heteroatoms. The Morgan fingerprint density at radius 2 is 2.35 bits per heavy atom. The molecule has 1 atom stereocenters. The first kappa shape index (κ1) is 11.6. The lowest BCUT2D eigenvalue weighted by atomic mass is 10.2. The molecule has 2 aromatic rings. The third kappa shape index (κ3) is 2.29. The Morgan fingerprint density at radius 1 is 1.59 bits per heavy atom. The fourth-order valence-corrected chi connectivity index (χ4v) is 1.78. The van der Waals surface area contributed by atoms with Gasteiger partial charge in [0.25, 0.3) is 5.91 Å². The van der Waals surface area contributed by atoms with E-state index in [0.717, 1.165) is 11.0 Å². The van der Waals surface area contributed by atoms with Crippen LogP contribution in [0, 0.1) is 0 Å². The van der Waals surface area contributed by atoms with E-state index in [9.17, 15) is 9.90 Å². The second-order valence-corrected chi connectivity index (χ2v) is 4.03. The maximum Gasteiger partial charge on any atom is 0.251 e. The number of imidazole rings is 1. The summed E-state index contributed by atoms with van der Waals surface area (Å²) in [4.78, 5) is 15.7. The first-order chi connectivity index (χ1) is 8.11. The summed E-state index contributed by atoms with van der Waals surface area (Å²) in [5.41, 5.74) is 2.26. The molecular weight excluding hydrogens is 218 g/mol. The minimum atomic E-state index is -0.425. The quantitative estimate of drug-likeness (QED) is 0.823. The number of hydrogen-bond donors (Lipinski definition) is 2. The molecule has 0 radical (unpaired) electrons. The summed E-state index contributed by atoms with van der Waals surface area (Å²) in [6, 6.07) is 5.34. The average Bonchev–Trinajstić information content (AvgIpc) is 2.70. The molecule has 1 heterocycles. The Hall–Kier alpha value is -1.88. The summed E-state index contributed by atoms with van der Waals surface area (Å²) in [7, 11) is 1.60. The van der Waals surface area contributed by atoms with E-state index in [2.05, 4.69) is 10.3 Å². The van der Waals surface area contributed by atoms with Crippen molar-refractivity contribution >= 4 is 16.9 Å². The number of nitrogens with one attached hydrogen (secondary N) is 1. The van der Waals surface area contributed by atoms with Crippen molar-refractivity contribution in [2.24, 2.45) is 0 Å². The van der Waals surface area contributed by atoms with Crippen molar-refractivity contribution in [1.82, 2.24) is 14.9 Å². The molecule has 0 bridgehead atoms. The highest BCUT2D eigenvalue weighted by atomic mass is 16.3. The number of benzene rings is 1. The molecule has 0 aliphatic heterocycles. The van der Waals surface area contributed by atoms with Crippen molar-refractivity contribution in [3.8, 4) is 0 Å². The minimum Gasteiger partial charge on any atom is -0.392 e. The van der Waals surface area contributed by atoms with Gasteiger partial charge in [-0.3, -0.25) is 4.79 Å². The van der Waals surface area contributed by atoms with E-state index in [4.69, 9.17) is 0 Å². The molecule has 0 spiro atoms. The molecule has 0 fully saturated rings. The molecule has 17 heavy (non-hydrogen) atoms. The summed E-state index contributed by atoms with van der Waals surface area (Å²) >= 11 is 0. The fourth-order valence-electron chi connectivity index (χ4n) is 1.78. The highest BCUT2D eigenvalue weighted by molar-refractivity contribution is 5.97. The number of aliphatic hydroxyl groups excluding tert-OH is 1. The first-order valence-corrected chi connectivity index (χ1v) is 5.47. The van der Waals surface area contributed by atoms with E-state index < -0.39 is 6.10 Å². The van der Waals surface area contributed by atoms with Crippen LogP contribution in [0.2, 0.25) is 0 Å². The van der Waals surface area contributed by atoms with Crippen LogP contribution < -0.4 is 5.32 Å². The van der Waals surface area contributed by atoms with Crippen LogP contribution in [-0.2, 0) is 6.54 Å². The van der Waals surface area contributed by atoms with Crippen LogP contribution in [0.15, 0.2) is 24.5 Å². The smallest absolute Gasteiger partial charge is 0.251 e. The van der Waals surface area contributed by atoms with Gasteiger partial charge in [-0.1, -0.05) is 0 Å². The Kier molecular flexibility index (Phi) is 3.10. The Labute approximate surface area is 99.1 Å². The van der Waals surface area contributed by atoms with Gasteiger partial charge in [-0.15, -0.1) is 0 Å². The molecule has 5 nitrogen and oxygen atoms in total. The number of aromatic nitrogens is 2. The second kappa shape index (κ2) is 4.55. The van der Waals surface area contributed by atoms with Gasteiger partial charge in [0.2, 0.25) is 0 Å². The van der Waals surface area contributed by atoms with Crippen molar-refractivity contribution in [2.75, 3.05) is 7.05 Å². The standard InChI is InChI=1S/C12H15N3O2/c1-8(16)6-15-7-14-10-5-9(12(17)13-2)3-4-11(10)15/h3-5,7-8,16H,6H2,1-2H3,(H,13,17)/t8-/m0/s1. The predicted octanol–water partition coefficient (Wildman–Crippen LogP) is 0.777. The van der Waals surface area contributed by atoms with Crippen LogP contribution in [-0.4, -0.2) is 33.7 Å². The lowest BCUT2D eigenvalue weighted by Gasteiger charge is -2.06. The van der Waals surface area contributed by atoms with Crippen LogP contribution >= 0.6 is 0 Å². The zero-order chi connectivity index (χ0) is 12.4. The van der Waals surface area contributed by atoms with Gasteiger partial charge in [0.1, 0.15) is 0 Å². The number of hydrogen-bond acceptors (Lipinski definition) is 3. The third-order valence-electron chi connectivity index (χ3n) is 2.57. The zero-order valence-electron chi connectivity index (χ0n) is 9.84. The number of carbonyl (C=O) groups is 1. The molecule has 2 rings (SSSR count). The molecule has 0 saturated heterocycles. The van der Waals surface area contributed by atoms with Crippen molar-refractivity contribution < 1.29 is 9.90 Å². The van der Waals surface area contributed by atoms with Gasteiger partial charge in [0.15, 0.2) is 0 Å². The maximum atomic E-state index is 11.5. The largest absolute Gasteiger partial charge is 0.392 e. The molecule has 1 aromatic heterocycles. The number of nitrogens with zero attached hydrogens (tertiary/aromatic N) is 2. The highest BCUT2D eigenvalue weighted by Gasteiger charge is 2.08. The van der Waals surface area contributed by atoms with E-state index in [-0.39, 0.29) is 5.91 Å².